The van der Waals surface area contributed by atoms with Crippen molar-refractivity contribution in [2.45, 2.75) is 31.6 Å². The predicted molar refractivity (Wildman–Crippen MR) is 107 cm³/mol. The van der Waals surface area contributed by atoms with Crippen LogP contribution in [0.1, 0.15) is 36.0 Å². The lowest BCUT2D eigenvalue weighted by molar-refractivity contribution is 0.0836. The average Bonchev–Trinajstić information content (AvgIpc) is 3.45. The first kappa shape index (κ1) is 17.2. The van der Waals surface area contributed by atoms with Crippen molar-refractivity contribution in [3.05, 3.63) is 60.1 Å². The summed E-state index contributed by atoms with van der Waals surface area (Å²) in [5.74, 6) is 2.29. The number of hydrogen-bond acceptors (Lipinski definition) is 4. The van der Waals surface area contributed by atoms with Crippen molar-refractivity contribution in [3.63, 3.8) is 0 Å². The van der Waals surface area contributed by atoms with Gasteiger partial charge in [-0.05, 0) is 30.9 Å². The minimum absolute atomic E-state index is 0.374. The number of rotatable bonds is 5. The van der Waals surface area contributed by atoms with Gasteiger partial charge in [-0.1, -0.05) is 18.2 Å². The predicted octanol–water partition coefficient (Wildman–Crippen LogP) is 3.16. The van der Waals surface area contributed by atoms with E-state index in [9.17, 15) is 0 Å². The van der Waals surface area contributed by atoms with Gasteiger partial charge in [-0.25, -0.2) is 9.67 Å². The molecule has 28 heavy (non-hydrogen) atoms. The van der Waals surface area contributed by atoms with Crippen molar-refractivity contribution in [1.82, 2.24) is 29.5 Å². The summed E-state index contributed by atoms with van der Waals surface area (Å²) < 4.78 is 9.27. The van der Waals surface area contributed by atoms with Gasteiger partial charge in [0, 0.05) is 49.7 Å². The number of nitrogens with zero attached hydrogens (tertiary/aromatic N) is 5. The smallest absolute Gasteiger partial charge is 0.154 e. The SMILES string of the molecule is Cn1cc(-n2nc(C3CCOCC3)nc2CCc2c[nH]c3ccccc23)cn1. The maximum absolute atomic E-state index is 5.50. The molecule has 0 saturated carbocycles. The number of para-hydroxylation sites is 1. The monoisotopic (exact) mass is 376 g/mol. The van der Waals surface area contributed by atoms with Crippen molar-refractivity contribution in [1.29, 1.82) is 0 Å². The van der Waals surface area contributed by atoms with Crippen LogP contribution in [-0.2, 0) is 24.6 Å². The van der Waals surface area contributed by atoms with Crippen molar-refractivity contribution in [3.8, 4) is 5.69 Å². The highest BCUT2D eigenvalue weighted by Crippen LogP contribution is 2.26. The minimum Gasteiger partial charge on any atom is -0.381 e. The van der Waals surface area contributed by atoms with E-state index in [4.69, 9.17) is 14.8 Å². The number of fused-ring (bicyclic) bond motifs is 1. The molecule has 5 rings (SSSR count). The first-order valence-corrected chi connectivity index (χ1v) is 9.85. The van der Waals surface area contributed by atoms with Crippen molar-refractivity contribution in [2.75, 3.05) is 13.2 Å². The molecule has 144 valence electrons. The van der Waals surface area contributed by atoms with E-state index in [-0.39, 0.29) is 0 Å². The van der Waals surface area contributed by atoms with Gasteiger partial charge >= 0.3 is 0 Å². The second-order valence-corrected chi connectivity index (χ2v) is 7.42. The molecule has 7 nitrogen and oxygen atoms in total. The van der Waals surface area contributed by atoms with Gasteiger partial charge in [-0.15, -0.1) is 0 Å². The lowest BCUT2D eigenvalue weighted by Crippen LogP contribution is -2.15. The average molecular weight is 376 g/mol. The fraction of sp³-hybridized carbons (Fsp3) is 0.381. The molecular weight excluding hydrogens is 352 g/mol. The fourth-order valence-electron chi connectivity index (χ4n) is 3.96. The molecule has 1 aromatic carbocycles. The molecule has 0 atom stereocenters. The molecule has 7 heteroatoms. The zero-order chi connectivity index (χ0) is 18.9. The molecule has 1 saturated heterocycles. The van der Waals surface area contributed by atoms with Gasteiger partial charge in [-0.2, -0.15) is 10.2 Å². The third-order valence-electron chi connectivity index (χ3n) is 5.51. The molecule has 0 amide bonds. The van der Waals surface area contributed by atoms with Crippen molar-refractivity contribution >= 4 is 10.9 Å². The molecule has 1 aliphatic rings. The van der Waals surface area contributed by atoms with Gasteiger partial charge in [0.15, 0.2) is 5.82 Å². The summed E-state index contributed by atoms with van der Waals surface area (Å²) in [5, 5.41) is 10.5. The molecule has 1 aliphatic heterocycles. The number of aryl methyl sites for hydroxylation is 3. The molecule has 0 spiro atoms. The summed E-state index contributed by atoms with van der Waals surface area (Å²) in [7, 11) is 1.92. The summed E-state index contributed by atoms with van der Waals surface area (Å²) >= 11 is 0. The molecule has 1 N–H and O–H groups in total. The number of aromatic amines is 1. The Morgan fingerprint density at radius 2 is 2.04 bits per heavy atom. The Labute approximate surface area is 163 Å². The van der Waals surface area contributed by atoms with Gasteiger partial charge in [0.2, 0.25) is 0 Å². The first-order valence-electron chi connectivity index (χ1n) is 9.85. The van der Waals surface area contributed by atoms with Crippen LogP contribution in [0.5, 0.6) is 0 Å². The second kappa shape index (κ2) is 7.24. The molecule has 0 unspecified atom stereocenters. The lowest BCUT2D eigenvalue weighted by Gasteiger charge is -2.18. The Kier molecular flexibility index (Phi) is 4.44. The Balaban J connectivity index is 1.45. The number of ether oxygens (including phenoxy) is 1. The van der Waals surface area contributed by atoms with Gasteiger partial charge in [0.1, 0.15) is 11.5 Å². The quantitative estimate of drug-likeness (QED) is 0.581. The van der Waals surface area contributed by atoms with Crippen LogP contribution in [0.25, 0.3) is 16.6 Å². The highest BCUT2D eigenvalue weighted by Gasteiger charge is 2.23. The molecular formula is C21H24N6O. The van der Waals surface area contributed by atoms with E-state index < -0.39 is 0 Å². The zero-order valence-electron chi connectivity index (χ0n) is 16.0. The van der Waals surface area contributed by atoms with E-state index in [2.05, 4.69) is 40.5 Å². The van der Waals surface area contributed by atoms with E-state index in [0.717, 1.165) is 56.2 Å². The largest absolute Gasteiger partial charge is 0.381 e. The fourth-order valence-corrected chi connectivity index (χ4v) is 3.96. The number of nitrogens with one attached hydrogen (secondary N) is 1. The summed E-state index contributed by atoms with van der Waals surface area (Å²) in [6.45, 7) is 1.58. The van der Waals surface area contributed by atoms with E-state index in [0.29, 0.717) is 5.92 Å². The summed E-state index contributed by atoms with van der Waals surface area (Å²) in [6, 6.07) is 8.42. The first-order chi connectivity index (χ1) is 13.8. The molecule has 1 fully saturated rings. The Morgan fingerprint density at radius 3 is 2.86 bits per heavy atom. The summed E-state index contributed by atoms with van der Waals surface area (Å²) in [4.78, 5) is 8.31. The number of benzene rings is 1. The third-order valence-corrected chi connectivity index (χ3v) is 5.51. The Hall–Kier alpha value is -2.93. The van der Waals surface area contributed by atoms with Gasteiger partial charge in [0.05, 0.1) is 12.4 Å². The highest BCUT2D eigenvalue weighted by atomic mass is 16.5. The van der Waals surface area contributed by atoms with Crippen LogP contribution in [0.15, 0.2) is 42.9 Å². The molecule has 3 aromatic heterocycles. The number of hydrogen-bond donors (Lipinski definition) is 1. The maximum atomic E-state index is 5.50. The molecule has 0 bridgehead atoms. The van der Waals surface area contributed by atoms with Gasteiger partial charge < -0.3 is 9.72 Å². The summed E-state index contributed by atoms with van der Waals surface area (Å²) in [5.41, 5.74) is 3.44. The zero-order valence-corrected chi connectivity index (χ0v) is 16.0. The van der Waals surface area contributed by atoms with Gasteiger partial charge in [0.25, 0.3) is 0 Å². The van der Waals surface area contributed by atoms with Crippen molar-refractivity contribution in [2.24, 2.45) is 7.05 Å². The number of H-pyrrole nitrogens is 1. The van der Waals surface area contributed by atoms with Crippen LogP contribution in [-0.4, -0.2) is 42.7 Å². The van der Waals surface area contributed by atoms with Crippen LogP contribution in [0.4, 0.5) is 0 Å². The van der Waals surface area contributed by atoms with Crippen LogP contribution >= 0.6 is 0 Å². The molecule has 0 radical (unpaired) electrons. The molecule has 4 aromatic rings. The highest BCUT2D eigenvalue weighted by molar-refractivity contribution is 5.83. The van der Waals surface area contributed by atoms with E-state index in [1.54, 1.807) is 4.68 Å². The molecule has 0 aliphatic carbocycles. The molecule has 4 heterocycles. The van der Waals surface area contributed by atoms with E-state index in [1.807, 2.05) is 24.1 Å². The van der Waals surface area contributed by atoms with Crippen LogP contribution in [0.2, 0.25) is 0 Å². The van der Waals surface area contributed by atoms with E-state index in [1.165, 1.54) is 16.5 Å². The number of aromatic nitrogens is 6. The third kappa shape index (κ3) is 3.22. The van der Waals surface area contributed by atoms with Crippen molar-refractivity contribution < 1.29 is 4.74 Å². The standard InChI is InChI=1S/C21H24N6O/c1-26-14-17(13-23-26)27-20(24-21(25-27)15-8-10-28-11-9-15)7-6-16-12-22-19-5-3-2-4-18(16)19/h2-5,12-15,22H,6-11H2,1H3. The van der Waals surface area contributed by atoms with Crippen LogP contribution in [0, 0.1) is 0 Å². The lowest BCUT2D eigenvalue weighted by atomic mass is 10.00. The van der Waals surface area contributed by atoms with Gasteiger partial charge in [-0.3, -0.25) is 4.68 Å². The second-order valence-electron chi connectivity index (χ2n) is 7.42. The minimum atomic E-state index is 0.374. The topological polar surface area (TPSA) is 73.6 Å². The summed E-state index contributed by atoms with van der Waals surface area (Å²) in [6.07, 6.45) is 9.64. The van der Waals surface area contributed by atoms with Crippen LogP contribution in [0.3, 0.4) is 0 Å². The van der Waals surface area contributed by atoms with Crippen LogP contribution < -0.4 is 0 Å². The maximum Gasteiger partial charge on any atom is 0.154 e. The Bertz CT molecular complexity index is 1090. The Morgan fingerprint density at radius 1 is 1.18 bits per heavy atom. The normalized spacial score (nSPS) is 15.5. The van der Waals surface area contributed by atoms with E-state index >= 15 is 0 Å².